The fraction of sp³-hybridized carbons (Fsp3) is 0.375. The number of rotatable bonds is 2. The van der Waals surface area contributed by atoms with Crippen molar-refractivity contribution in [3.63, 3.8) is 0 Å². The molecule has 0 bridgehead atoms. The predicted molar refractivity (Wildman–Crippen MR) is 41.8 cm³/mol. The number of pyridine rings is 1. The van der Waals surface area contributed by atoms with Crippen molar-refractivity contribution in [3.8, 4) is 0 Å². The molecule has 0 aliphatic rings. The first kappa shape index (κ1) is 9.98. The second-order valence-electron chi connectivity index (χ2n) is 2.61. The molecule has 0 fully saturated rings. The molecule has 0 aliphatic heterocycles. The molecule has 0 saturated heterocycles. The van der Waals surface area contributed by atoms with E-state index in [9.17, 15) is 13.2 Å². The van der Waals surface area contributed by atoms with Gasteiger partial charge in [0.15, 0.2) is 5.82 Å². The fourth-order valence-corrected chi connectivity index (χ4v) is 0.992. The van der Waals surface area contributed by atoms with Crippen LogP contribution in [0, 0.1) is 12.7 Å². The third kappa shape index (κ3) is 1.80. The van der Waals surface area contributed by atoms with Crippen LogP contribution in [-0.4, -0.2) is 4.98 Å². The van der Waals surface area contributed by atoms with Gasteiger partial charge in [-0.3, -0.25) is 4.98 Å². The Morgan fingerprint density at radius 2 is 2.15 bits per heavy atom. The van der Waals surface area contributed by atoms with Gasteiger partial charge in [-0.25, -0.2) is 13.2 Å². The Morgan fingerprint density at radius 1 is 1.54 bits per heavy atom. The Balaban J connectivity index is 3.23. The molecule has 2 nitrogen and oxygen atoms in total. The van der Waals surface area contributed by atoms with Crippen LogP contribution in [0.5, 0.6) is 0 Å². The van der Waals surface area contributed by atoms with Crippen LogP contribution in [0.15, 0.2) is 6.20 Å². The Kier molecular flexibility index (Phi) is 2.87. The third-order valence-corrected chi connectivity index (χ3v) is 1.82. The minimum atomic E-state index is -2.88. The number of hydrogen-bond donors (Lipinski definition) is 1. The van der Waals surface area contributed by atoms with E-state index >= 15 is 0 Å². The lowest BCUT2D eigenvalue weighted by Gasteiger charge is -2.07. The minimum absolute atomic E-state index is 0.0965. The summed E-state index contributed by atoms with van der Waals surface area (Å²) in [5, 5.41) is 0. The van der Waals surface area contributed by atoms with Gasteiger partial charge in [-0.15, -0.1) is 0 Å². The summed E-state index contributed by atoms with van der Waals surface area (Å²) in [4.78, 5) is 3.30. The number of aromatic nitrogens is 1. The van der Waals surface area contributed by atoms with E-state index in [1.165, 1.54) is 13.1 Å². The van der Waals surface area contributed by atoms with Crippen LogP contribution in [0.4, 0.5) is 13.2 Å². The maximum atomic E-state index is 13.1. The molecule has 0 atom stereocenters. The molecule has 1 aromatic heterocycles. The van der Waals surface area contributed by atoms with Crippen molar-refractivity contribution >= 4 is 0 Å². The van der Waals surface area contributed by atoms with Crippen LogP contribution in [0.25, 0.3) is 0 Å². The highest BCUT2D eigenvalue weighted by Crippen LogP contribution is 2.23. The van der Waals surface area contributed by atoms with Gasteiger partial charge in [-0.05, 0) is 18.1 Å². The normalized spacial score (nSPS) is 10.9. The first-order chi connectivity index (χ1) is 6.07. The van der Waals surface area contributed by atoms with Crippen molar-refractivity contribution in [1.82, 2.24) is 4.98 Å². The number of nitrogens with zero attached hydrogens (tertiary/aromatic N) is 1. The summed E-state index contributed by atoms with van der Waals surface area (Å²) in [5.74, 6) is -0.960. The summed E-state index contributed by atoms with van der Waals surface area (Å²) in [7, 11) is 0. The molecule has 0 aromatic carbocycles. The molecule has 1 rings (SSSR count). The van der Waals surface area contributed by atoms with E-state index in [2.05, 4.69) is 4.98 Å². The monoisotopic (exact) mass is 190 g/mol. The molecule has 1 heterocycles. The Hall–Kier alpha value is -1.10. The predicted octanol–water partition coefficient (Wildman–Crippen LogP) is 1.93. The zero-order valence-electron chi connectivity index (χ0n) is 7.02. The third-order valence-electron chi connectivity index (χ3n) is 1.82. The van der Waals surface area contributed by atoms with Crippen LogP contribution < -0.4 is 5.73 Å². The molecule has 2 N–H and O–H groups in total. The second kappa shape index (κ2) is 3.74. The van der Waals surface area contributed by atoms with E-state index in [0.717, 1.165) is 0 Å². The number of nitrogens with two attached hydrogens (primary N) is 1. The lowest BCUT2D eigenvalue weighted by atomic mass is 10.1. The summed E-state index contributed by atoms with van der Waals surface area (Å²) >= 11 is 0. The summed E-state index contributed by atoms with van der Waals surface area (Å²) in [6.07, 6.45) is -1.70. The zero-order chi connectivity index (χ0) is 10.0. The first-order valence-corrected chi connectivity index (χ1v) is 3.70. The fourth-order valence-electron chi connectivity index (χ4n) is 0.992. The smallest absolute Gasteiger partial charge is 0.283 e. The van der Waals surface area contributed by atoms with Gasteiger partial charge in [0.05, 0.1) is 0 Å². The van der Waals surface area contributed by atoms with Crippen LogP contribution >= 0.6 is 0 Å². The Labute approximate surface area is 73.6 Å². The van der Waals surface area contributed by atoms with E-state index in [0.29, 0.717) is 5.56 Å². The first-order valence-electron chi connectivity index (χ1n) is 3.70. The van der Waals surface area contributed by atoms with Gasteiger partial charge in [0, 0.05) is 12.7 Å². The van der Waals surface area contributed by atoms with Gasteiger partial charge in [0.2, 0.25) is 0 Å². The molecular formula is C8H9F3N2. The van der Waals surface area contributed by atoms with Crippen molar-refractivity contribution in [2.24, 2.45) is 5.73 Å². The van der Waals surface area contributed by atoms with Gasteiger partial charge in [-0.1, -0.05) is 0 Å². The average molecular weight is 190 g/mol. The summed E-state index contributed by atoms with van der Waals surface area (Å²) in [6, 6.07) is 0. The maximum Gasteiger partial charge on any atom is 0.283 e. The highest BCUT2D eigenvalue weighted by Gasteiger charge is 2.18. The van der Waals surface area contributed by atoms with Gasteiger partial charge >= 0.3 is 0 Å². The molecular weight excluding hydrogens is 181 g/mol. The zero-order valence-corrected chi connectivity index (χ0v) is 7.02. The maximum absolute atomic E-state index is 13.1. The number of alkyl halides is 2. The van der Waals surface area contributed by atoms with E-state index in [1.807, 2.05) is 0 Å². The molecule has 0 amide bonds. The minimum Gasteiger partial charge on any atom is -0.326 e. The summed E-state index contributed by atoms with van der Waals surface area (Å²) in [6.45, 7) is 1.50. The van der Waals surface area contributed by atoms with Crippen molar-refractivity contribution in [2.75, 3.05) is 0 Å². The van der Waals surface area contributed by atoms with Crippen LogP contribution in [-0.2, 0) is 6.54 Å². The summed E-state index contributed by atoms with van der Waals surface area (Å²) in [5.41, 5.74) is 5.03. The van der Waals surface area contributed by atoms with Crippen molar-refractivity contribution in [1.29, 1.82) is 0 Å². The molecule has 5 heteroatoms. The second-order valence-corrected chi connectivity index (χ2v) is 2.61. The van der Waals surface area contributed by atoms with Crippen LogP contribution in [0.2, 0.25) is 0 Å². The van der Waals surface area contributed by atoms with E-state index in [1.54, 1.807) is 0 Å². The standard InChI is InChI=1S/C8H9F3N2/c1-4-5(2-12)3-13-7(6(4)9)8(10)11/h3,8H,2,12H2,1H3. The van der Waals surface area contributed by atoms with Crippen molar-refractivity contribution in [3.05, 3.63) is 28.8 Å². The number of halogens is 3. The lowest BCUT2D eigenvalue weighted by molar-refractivity contribution is 0.140. The van der Waals surface area contributed by atoms with Gasteiger partial charge in [0.1, 0.15) is 5.69 Å². The molecule has 0 saturated carbocycles. The van der Waals surface area contributed by atoms with Gasteiger partial charge in [-0.2, -0.15) is 0 Å². The number of hydrogen-bond acceptors (Lipinski definition) is 2. The van der Waals surface area contributed by atoms with E-state index < -0.39 is 17.9 Å². The molecule has 1 aromatic rings. The highest BCUT2D eigenvalue weighted by molar-refractivity contribution is 5.27. The van der Waals surface area contributed by atoms with Crippen molar-refractivity contribution < 1.29 is 13.2 Å². The molecule has 72 valence electrons. The molecule has 0 unspecified atom stereocenters. The van der Waals surface area contributed by atoms with E-state index in [-0.39, 0.29) is 12.1 Å². The molecule has 0 aliphatic carbocycles. The van der Waals surface area contributed by atoms with Crippen LogP contribution in [0.1, 0.15) is 23.2 Å². The molecule has 0 radical (unpaired) electrons. The van der Waals surface area contributed by atoms with Crippen molar-refractivity contribution in [2.45, 2.75) is 19.9 Å². The average Bonchev–Trinajstić information content (AvgIpc) is 2.09. The highest BCUT2D eigenvalue weighted by atomic mass is 19.3. The topological polar surface area (TPSA) is 38.9 Å². The van der Waals surface area contributed by atoms with E-state index in [4.69, 9.17) is 5.73 Å². The largest absolute Gasteiger partial charge is 0.326 e. The Morgan fingerprint density at radius 3 is 2.62 bits per heavy atom. The lowest BCUT2D eigenvalue weighted by Crippen LogP contribution is -2.06. The SMILES string of the molecule is Cc1c(CN)cnc(C(F)F)c1F. The Bertz CT molecular complexity index is 313. The molecule has 0 spiro atoms. The quantitative estimate of drug-likeness (QED) is 0.773. The van der Waals surface area contributed by atoms with Gasteiger partial charge in [0.25, 0.3) is 6.43 Å². The van der Waals surface area contributed by atoms with Gasteiger partial charge < -0.3 is 5.73 Å². The van der Waals surface area contributed by atoms with Crippen LogP contribution in [0.3, 0.4) is 0 Å². The summed E-state index contributed by atoms with van der Waals surface area (Å²) < 4.78 is 37.3. The molecule has 13 heavy (non-hydrogen) atoms.